The van der Waals surface area contributed by atoms with E-state index in [1.807, 2.05) is 0 Å². The number of carbonyl (C=O) groups is 3. The lowest BCUT2D eigenvalue weighted by Crippen LogP contribution is -2.42. The predicted octanol–water partition coefficient (Wildman–Crippen LogP) is 2.36. The minimum Gasteiger partial charge on any atom is -0.353 e. The summed E-state index contributed by atoms with van der Waals surface area (Å²) in [6, 6.07) is 8.54. The zero-order valence-electron chi connectivity index (χ0n) is 16.3. The minimum atomic E-state index is -3.75. The standard InChI is InChI=1S/C19H18FN3O5S3/c1-22(31(27,28)17-3-2-10-29-17)12-16(24)21-8-9-23-18(25)15(30-19(23)26)11-13-4-6-14(20)7-5-13/h2-7,10-11H,8-9,12H2,1H3,(H,21,24)/b15-11-. The maximum absolute atomic E-state index is 13.0. The molecule has 8 nitrogen and oxygen atoms in total. The van der Waals surface area contributed by atoms with Crippen molar-refractivity contribution in [1.29, 1.82) is 0 Å². The number of thioether (sulfide) groups is 1. The van der Waals surface area contributed by atoms with Crippen LogP contribution < -0.4 is 5.32 Å². The van der Waals surface area contributed by atoms with Crippen molar-refractivity contribution in [2.45, 2.75) is 4.21 Å². The van der Waals surface area contributed by atoms with Gasteiger partial charge in [0.1, 0.15) is 10.0 Å². The van der Waals surface area contributed by atoms with E-state index in [0.29, 0.717) is 5.56 Å². The summed E-state index contributed by atoms with van der Waals surface area (Å²) in [5, 5.41) is 3.66. The molecular weight excluding hydrogens is 465 g/mol. The highest BCUT2D eigenvalue weighted by molar-refractivity contribution is 8.18. The quantitative estimate of drug-likeness (QED) is 0.578. The van der Waals surface area contributed by atoms with Gasteiger partial charge in [-0.1, -0.05) is 18.2 Å². The van der Waals surface area contributed by atoms with Gasteiger partial charge in [0, 0.05) is 20.1 Å². The number of sulfonamides is 1. The van der Waals surface area contributed by atoms with Crippen molar-refractivity contribution in [3.05, 3.63) is 58.1 Å². The van der Waals surface area contributed by atoms with E-state index in [2.05, 4.69) is 5.32 Å². The van der Waals surface area contributed by atoms with E-state index in [1.165, 1.54) is 43.5 Å². The van der Waals surface area contributed by atoms with E-state index in [1.54, 1.807) is 11.4 Å². The highest BCUT2D eigenvalue weighted by atomic mass is 32.2. The Hall–Kier alpha value is -2.54. The Kier molecular flexibility index (Phi) is 7.26. The van der Waals surface area contributed by atoms with Gasteiger partial charge >= 0.3 is 0 Å². The molecule has 0 radical (unpaired) electrons. The molecule has 3 amide bonds. The Labute approximate surface area is 186 Å². The summed E-state index contributed by atoms with van der Waals surface area (Å²) in [4.78, 5) is 37.9. The normalized spacial score (nSPS) is 15.8. The Morgan fingerprint density at radius 1 is 1.23 bits per heavy atom. The first-order valence-electron chi connectivity index (χ1n) is 8.96. The van der Waals surface area contributed by atoms with Gasteiger partial charge in [0.2, 0.25) is 5.91 Å². The van der Waals surface area contributed by atoms with E-state index in [4.69, 9.17) is 0 Å². The zero-order valence-corrected chi connectivity index (χ0v) is 18.7. The Morgan fingerprint density at radius 3 is 2.58 bits per heavy atom. The van der Waals surface area contributed by atoms with Crippen LogP contribution in [0.2, 0.25) is 0 Å². The van der Waals surface area contributed by atoms with E-state index >= 15 is 0 Å². The SMILES string of the molecule is CN(CC(=O)NCCN1C(=O)S/C(=C\c2ccc(F)cc2)C1=O)S(=O)(=O)c1cccs1. The van der Waals surface area contributed by atoms with Gasteiger partial charge in [-0.15, -0.1) is 11.3 Å². The molecule has 3 rings (SSSR count). The number of nitrogens with one attached hydrogen (secondary N) is 1. The summed E-state index contributed by atoms with van der Waals surface area (Å²) >= 11 is 1.81. The van der Waals surface area contributed by atoms with E-state index in [9.17, 15) is 27.2 Å². The van der Waals surface area contributed by atoms with Gasteiger partial charge in [-0.3, -0.25) is 19.3 Å². The van der Waals surface area contributed by atoms with E-state index in [-0.39, 0.29) is 22.2 Å². The van der Waals surface area contributed by atoms with Crippen molar-refractivity contribution in [2.75, 3.05) is 26.7 Å². The van der Waals surface area contributed by atoms with Gasteiger partial charge < -0.3 is 5.32 Å². The second-order valence-electron chi connectivity index (χ2n) is 6.43. The van der Waals surface area contributed by atoms with Crippen molar-refractivity contribution in [1.82, 2.24) is 14.5 Å². The van der Waals surface area contributed by atoms with Crippen LogP contribution in [0.15, 0.2) is 50.9 Å². The molecule has 1 fully saturated rings. The number of nitrogens with zero attached hydrogens (tertiary/aromatic N) is 2. The van der Waals surface area contributed by atoms with Crippen molar-refractivity contribution in [3.63, 3.8) is 0 Å². The molecule has 0 aliphatic carbocycles. The summed E-state index contributed by atoms with van der Waals surface area (Å²) in [5.41, 5.74) is 0.579. The van der Waals surface area contributed by atoms with Crippen LogP contribution in [-0.2, 0) is 19.6 Å². The van der Waals surface area contributed by atoms with E-state index < -0.39 is 39.4 Å². The summed E-state index contributed by atoms with van der Waals surface area (Å²) in [6.45, 7) is -0.473. The lowest BCUT2D eigenvalue weighted by atomic mass is 10.2. The second kappa shape index (κ2) is 9.73. The van der Waals surface area contributed by atoms with Gasteiger partial charge in [-0.05, 0) is 47.0 Å². The number of thiophene rings is 1. The Bertz CT molecular complexity index is 1120. The number of benzene rings is 1. The molecule has 0 spiro atoms. The molecule has 164 valence electrons. The first kappa shape index (κ1) is 23.1. The lowest BCUT2D eigenvalue weighted by Gasteiger charge is -2.17. The molecule has 1 aromatic carbocycles. The van der Waals surface area contributed by atoms with Crippen LogP contribution >= 0.6 is 23.1 Å². The van der Waals surface area contributed by atoms with Gasteiger partial charge in [0.05, 0.1) is 11.4 Å². The molecule has 1 N–H and O–H groups in total. The van der Waals surface area contributed by atoms with Crippen LogP contribution in [0.3, 0.4) is 0 Å². The molecule has 0 bridgehead atoms. The lowest BCUT2D eigenvalue weighted by molar-refractivity contribution is -0.124. The molecule has 1 aliphatic rings. The number of likely N-dealkylation sites (N-methyl/N-ethyl adjacent to an activating group) is 1. The maximum atomic E-state index is 13.0. The molecule has 1 saturated heterocycles. The summed E-state index contributed by atoms with van der Waals surface area (Å²) < 4.78 is 38.7. The summed E-state index contributed by atoms with van der Waals surface area (Å²) in [7, 11) is -2.45. The average Bonchev–Trinajstić information content (AvgIpc) is 3.35. The van der Waals surface area contributed by atoms with Crippen molar-refractivity contribution < 1.29 is 27.2 Å². The zero-order chi connectivity index (χ0) is 22.6. The molecule has 0 unspecified atom stereocenters. The fourth-order valence-electron chi connectivity index (χ4n) is 2.62. The predicted molar refractivity (Wildman–Crippen MR) is 116 cm³/mol. The molecule has 0 atom stereocenters. The molecular formula is C19H18FN3O5S3. The van der Waals surface area contributed by atoms with Crippen molar-refractivity contribution in [2.24, 2.45) is 0 Å². The number of hydrogen-bond acceptors (Lipinski definition) is 7. The molecule has 0 saturated carbocycles. The van der Waals surface area contributed by atoms with Gasteiger partial charge in [-0.2, -0.15) is 4.31 Å². The second-order valence-corrected chi connectivity index (χ2v) is 10.6. The molecule has 1 aliphatic heterocycles. The van der Waals surface area contributed by atoms with Crippen LogP contribution in [0.4, 0.5) is 9.18 Å². The Balaban J connectivity index is 1.52. The average molecular weight is 484 g/mol. The molecule has 2 aromatic rings. The van der Waals surface area contributed by atoms with Crippen molar-refractivity contribution in [3.8, 4) is 0 Å². The Morgan fingerprint density at radius 2 is 1.94 bits per heavy atom. The number of rotatable bonds is 8. The first-order valence-corrected chi connectivity index (χ1v) is 12.1. The monoisotopic (exact) mass is 483 g/mol. The first-order chi connectivity index (χ1) is 14.7. The number of halogens is 1. The third-order valence-corrected chi connectivity index (χ3v) is 8.31. The molecule has 1 aromatic heterocycles. The van der Waals surface area contributed by atoms with Crippen LogP contribution in [0, 0.1) is 5.82 Å². The molecule has 12 heteroatoms. The minimum absolute atomic E-state index is 0.0202. The summed E-state index contributed by atoms with van der Waals surface area (Å²) in [5.74, 6) is -1.47. The van der Waals surface area contributed by atoms with Gasteiger partial charge in [0.15, 0.2) is 0 Å². The number of hydrogen-bond donors (Lipinski definition) is 1. The maximum Gasteiger partial charge on any atom is 0.293 e. The van der Waals surface area contributed by atoms with Crippen LogP contribution in [0.25, 0.3) is 6.08 Å². The summed E-state index contributed by atoms with van der Waals surface area (Å²) in [6.07, 6.45) is 1.49. The number of amides is 3. The smallest absolute Gasteiger partial charge is 0.293 e. The van der Waals surface area contributed by atoms with Gasteiger partial charge in [0.25, 0.3) is 21.2 Å². The van der Waals surface area contributed by atoms with Crippen LogP contribution in [0.5, 0.6) is 0 Å². The topological polar surface area (TPSA) is 104 Å². The number of imide groups is 1. The number of carbonyl (C=O) groups excluding carboxylic acids is 3. The largest absolute Gasteiger partial charge is 0.353 e. The molecule has 2 heterocycles. The van der Waals surface area contributed by atoms with Gasteiger partial charge in [-0.25, -0.2) is 12.8 Å². The van der Waals surface area contributed by atoms with Crippen LogP contribution in [-0.4, -0.2) is 61.4 Å². The fraction of sp³-hybridized carbons (Fsp3) is 0.211. The fourth-order valence-corrected chi connectivity index (χ4v) is 5.81. The molecule has 31 heavy (non-hydrogen) atoms. The van der Waals surface area contributed by atoms with E-state index in [0.717, 1.165) is 32.3 Å². The highest BCUT2D eigenvalue weighted by Gasteiger charge is 2.34. The highest BCUT2D eigenvalue weighted by Crippen LogP contribution is 2.31. The van der Waals surface area contributed by atoms with Crippen molar-refractivity contribution >= 4 is 56.3 Å². The third-order valence-electron chi connectivity index (χ3n) is 4.22. The third kappa shape index (κ3) is 5.58. The van der Waals surface area contributed by atoms with Crippen LogP contribution in [0.1, 0.15) is 5.56 Å².